The van der Waals surface area contributed by atoms with Crippen molar-refractivity contribution in [3.8, 4) is 17.1 Å². The van der Waals surface area contributed by atoms with Gasteiger partial charge in [-0.15, -0.1) is 10.2 Å². The minimum absolute atomic E-state index is 0.0753. The van der Waals surface area contributed by atoms with E-state index < -0.39 is 0 Å². The van der Waals surface area contributed by atoms with Crippen LogP contribution in [0, 0.1) is 6.92 Å². The first kappa shape index (κ1) is 24.2. The zero-order valence-electron chi connectivity index (χ0n) is 19.7. The van der Waals surface area contributed by atoms with Gasteiger partial charge in [-0.1, -0.05) is 96.5 Å². The molecule has 0 radical (unpaired) electrons. The Hall–Kier alpha value is -2.90. The Bertz CT molecular complexity index is 1290. The minimum atomic E-state index is -0.0994. The molecule has 0 atom stereocenters. The molecule has 0 bridgehead atoms. The number of carbonyl (C=O) groups excluding carboxylic acids is 1. The van der Waals surface area contributed by atoms with E-state index in [4.69, 9.17) is 0 Å². The number of carbonyl (C=O) groups is 1. The standard InChI is InChI=1S/C27H27BrN4OS/c1-18-8-14-23(15-9-18)32-25(19-10-12-20(13-11-19)27(2,3)4)30-31-26(32)34-17-24(33)29-22-7-5-6-21(28)16-22/h5-16H,17H2,1-4H3,(H,29,33). The monoisotopic (exact) mass is 534 g/mol. The van der Waals surface area contributed by atoms with Gasteiger partial charge in [0, 0.05) is 21.4 Å². The number of benzene rings is 3. The van der Waals surface area contributed by atoms with E-state index in [0.29, 0.717) is 5.16 Å². The van der Waals surface area contributed by atoms with Crippen molar-refractivity contribution in [3.63, 3.8) is 0 Å². The van der Waals surface area contributed by atoms with E-state index >= 15 is 0 Å². The molecule has 7 heteroatoms. The largest absolute Gasteiger partial charge is 0.325 e. The van der Waals surface area contributed by atoms with E-state index in [1.54, 1.807) is 0 Å². The van der Waals surface area contributed by atoms with E-state index in [1.165, 1.54) is 22.9 Å². The molecule has 0 aliphatic rings. The first-order chi connectivity index (χ1) is 16.2. The summed E-state index contributed by atoms with van der Waals surface area (Å²) in [5, 5.41) is 12.5. The van der Waals surface area contributed by atoms with Gasteiger partial charge >= 0.3 is 0 Å². The number of halogens is 1. The molecule has 1 amide bonds. The highest BCUT2D eigenvalue weighted by Crippen LogP contribution is 2.30. The van der Waals surface area contributed by atoms with Crippen LogP contribution in [-0.2, 0) is 10.2 Å². The minimum Gasteiger partial charge on any atom is -0.325 e. The zero-order chi connectivity index (χ0) is 24.3. The van der Waals surface area contributed by atoms with Crippen molar-refractivity contribution in [2.75, 3.05) is 11.1 Å². The molecule has 4 aromatic rings. The number of aryl methyl sites for hydroxylation is 1. The van der Waals surface area contributed by atoms with Gasteiger partial charge in [0.05, 0.1) is 5.75 Å². The number of anilines is 1. The number of aromatic nitrogens is 3. The maximum Gasteiger partial charge on any atom is 0.234 e. The fourth-order valence-corrected chi connectivity index (χ4v) is 4.64. The third-order valence-electron chi connectivity index (χ3n) is 5.38. The van der Waals surface area contributed by atoms with Crippen LogP contribution < -0.4 is 5.32 Å². The number of nitrogens with zero attached hydrogens (tertiary/aromatic N) is 3. The fourth-order valence-electron chi connectivity index (χ4n) is 3.49. The van der Waals surface area contributed by atoms with E-state index in [1.807, 2.05) is 28.8 Å². The van der Waals surface area contributed by atoms with E-state index in [2.05, 4.69) is 108 Å². The molecule has 174 valence electrons. The molecular formula is C27H27BrN4OS. The highest BCUT2D eigenvalue weighted by Gasteiger charge is 2.19. The molecule has 5 nitrogen and oxygen atoms in total. The van der Waals surface area contributed by atoms with Gasteiger partial charge in [-0.05, 0) is 48.2 Å². The number of thioether (sulfide) groups is 1. The molecule has 0 saturated heterocycles. The van der Waals surface area contributed by atoms with Crippen LogP contribution in [0.25, 0.3) is 17.1 Å². The van der Waals surface area contributed by atoms with Crippen LogP contribution in [0.2, 0.25) is 0 Å². The van der Waals surface area contributed by atoms with E-state index in [0.717, 1.165) is 27.2 Å². The summed E-state index contributed by atoms with van der Waals surface area (Å²) in [4.78, 5) is 12.6. The van der Waals surface area contributed by atoms with Gasteiger partial charge in [0.2, 0.25) is 5.91 Å². The lowest BCUT2D eigenvalue weighted by Gasteiger charge is -2.19. The van der Waals surface area contributed by atoms with Crippen molar-refractivity contribution in [3.05, 3.63) is 88.4 Å². The molecular weight excluding hydrogens is 508 g/mol. The normalized spacial score (nSPS) is 11.4. The third-order valence-corrected chi connectivity index (χ3v) is 6.80. The maximum absolute atomic E-state index is 12.6. The van der Waals surface area contributed by atoms with Crippen molar-refractivity contribution in [2.24, 2.45) is 0 Å². The Balaban J connectivity index is 1.62. The quantitative estimate of drug-likeness (QED) is 0.269. The van der Waals surface area contributed by atoms with E-state index in [-0.39, 0.29) is 17.1 Å². The van der Waals surface area contributed by atoms with Crippen LogP contribution in [-0.4, -0.2) is 26.4 Å². The van der Waals surface area contributed by atoms with Crippen molar-refractivity contribution < 1.29 is 4.79 Å². The van der Waals surface area contributed by atoms with Crippen LogP contribution in [0.1, 0.15) is 31.9 Å². The second kappa shape index (κ2) is 10.2. The molecule has 0 fully saturated rings. The Labute approximate surface area is 213 Å². The smallest absolute Gasteiger partial charge is 0.234 e. The number of hydrogen-bond donors (Lipinski definition) is 1. The topological polar surface area (TPSA) is 59.8 Å². The van der Waals surface area contributed by atoms with Gasteiger partial charge < -0.3 is 5.32 Å². The fraction of sp³-hybridized carbons (Fsp3) is 0.222. The molecule has 34 heavy (non-hydrogen) atoms. The predicted octanol–water partition coefficient (Wildman–Crippen LogP) is 7.03. The lowest BCUT2D eigenvalue weighted by atomic mass is 9.87. The summed E-state index contributed by atoms with van der Waals surface area (Å²) in [6.07, 6.45) is 0. The first-order valence-corrected chi connectivity index (χ1v) is 12.8. The van der Waals surface area contributed by atoms with Gasteiger partial charge in [0.25, 0.3) is 0 Å². The summed E-state index contributed by atoms with van der Waals surface area (Å²) >= 11 is 4.80. The Kier molecular flexibility index (Phi) is 7.24. The lowest BCUT2D eigenvalue weighted by molar-refractivity contribution is -0.113. The third kappa shape index (κ3) is 5.77. The van der Waals surface area contributed by atoms with Gasteiger partial charge in [-0.2, -0.15) is 0 Å². The van der Waals surface area contributed by atoms with Crippen LogP contribution in [0.15, 0.2) is 82.4 Å². The molecule has 0 unspecified atom stereocenters. The molecule has 0 aliphatic heterocycles. The number of rotatable bonds is 6. The molecule has 0 aliphatic carbocycles. The van der Waals surface area contributed by atoms with Gasteiger partial charge in [-0.25, -0.2) is 0 Å². The SMILES string of the molecule is Cc1ccc(-n2c(SCC(=O)Nc3cccc(Br)c3)nnc2-c2ccc(C(C)(C)C)cc2)cc1. The highest BCUT2D eigenvalue weighted by molar-refractivity contribution is 9.10. The Morgan fingerprint density at radius 3 is 2.35 bits per heavy atom. The van der Waals surface area contributed by atoms with Gasteiger partial charge in [0.15, 0.2) is 11.0 Å². The van der Waals surface area contributed by atoms with Crippen molar-refractivity contribution in [2.45, 2.75) is 38.3 Å². The van der Waals surface area contributed by atoms with Crippen LogP contribution in [0.4, 0.5) is 5.69 Å². The summed E-state index contributed by atoms with van der Waals surface area (Å²) in [5.41, 5.74) is 5.20. The molecule has 4 rings (SSSR count). The molecule has 3 aromatic carbocycles. The summed E-state index contributed by atoms with van der Waals surface area (Å²) in [6, 6.07) is 24.2. The van der Waals surface area contributed by atoms with Crippen LogP contribution in [0.5, 0.6) is 0 Å². The first-order valence-electron chi connectivity index (χ1n) is 11.0. The zero-order valence-corrected chi connectivity index (χ0v) is 22.1. The van der Waals surface area contributed by atoms with Crippen LogP contribution in [0.3, 0.4) is 0 Å². The second-order valence-electron chi connectivity index (χ2n) is 9.15. The lowest BCUT2D eigenvalue weighted by Crippen LogP contribution is -2.14. The number of nitrogens with one attached hydrogen (secondary N) is 1. The molecule has 1 heterocycles. The van der Waals surface area contributed by atoms with Crippen molar-refractivity contribution >= 4 is 39.3 Å². The highest BCUT2D eigenvalue weighted by atomic mass is 79.9. The van der Waals surface area contributed by atoms with Crippen LogP contribution >= 0.6 is 27.7 Å². The van der Waals surface area contributed by atoms with Gasteiger partial charge in [0.1, 0.15) is 0 Å². The van der Waals surface area contributed by atoms with Gasteiger partial charge in [-0.3, -0.25) is 9.36 Å². The molecule has 0 saturated carbocycles. The second-order valence-corrected chi connectivity index (χ2v) is 11.0. The molecule has 1 aromatic heterocycles. The average molecular weight is 536 g/mol. The van der Waals surface area contributed by atoms with Crippen molar-refractivity contribution in [1.29, 1.82) is 0 Å². The molecule has 0 spiro atoms. The summed E-state index contributed by atoms with van der Waals surface area (Å²) < 4.78 is 2.93. The van der Waals surface area contributed by atoms with Crippen molar-refractivity contribution in [1.82, 2.24) is 14.8 Å². The predicted molar refractivity (Wildman–Crippen MR) is 144 cm³/mol. The van der Waals surface area contributed by atoms with E-state index in [9.17, 15) is 4.79 Å². The summed E-state index contributed by atoms with van der Waals surface area (Å²) in [6.45, 7) is 8.66. The molecule has 1 N–H and O–H groups in total. The number of amides is 1. The number of hydrogen-bond acceptors (Lipinski definition) is 4. The maximum atomic E-state index is 12.6. The summed E-state index contributed by atoms with van der Waals surface area (Å²) in [7, 11) is 0. The average Bonchev–Trinajstić information content (AvgIpc) is 3.22. The Morgan fingerprint density at radius 2 is 1.71 bits per heavy atom. The summed E-state index contributed by atoms with van der Waals surface area (Å²) in [5.74, 6) is 0.872. The Morgan fingerprint density at radius 1 is 1.00 bits per heavy atom.